The third kappa shape index (κ3) is 5.83. The van der Waals surface area contributed by atoms with E-state index >= 15 is 4.39 Å². The molecule has 2 aromatic carbocycles. The molecule has 1 aliphatic carbocycles. The number of nitrogens with one attached hydrogen (secondary N) is 1. The summed E-state index contributed by atoms with van der Waals surface area (Å²) < 4.78 is 37.6. The molecule has 4 rings (SSSR count). The van der Waals surface area contributed by atoms with Crippen molar-refractivity contribution in [3.05, 3.63) is 75.5 Å². The van der Waals surface area contributed by atoms with Gasteiger partial charge in [-0.2, -0.15) is 0 Å². The molecule has 7 nitrogen and oxygen atoms in total. The summed E-state index contributed by atoms with van der Waals surface area (Å²) in [5.74, 6) is -2.30. The first-order chi connectivity index (χ1) is 17.1. The van der Waals surface area contributed by atoms with E-state index in [9.17, 15) is 19.4 Å². The van der Waals surface area contributed by atoms with Gasteiger partial charge < -0.3 is 21.3 Å². The summed E-state index contributed by atoms with van der Waals surface area (Å²) in [4.78, 5) is 21.6. The molecule has 1 aromatic heterocycles. The van der Waals surface area contributed by atoms with Crippen molar-refractivity contribution in [3.8, 4) is 11.3 Å². The topological polar surface area (TPSA) is 121 Å². The number of nitrogens with zero attached hydrogens (tertiary/aromatic N) is 2. The van der Waals surface area contributed by atoms with Gasteiger partial charge in [-0.05, 0) is 61.6 Å². The number of amides is 1. The van der Waals surface area contributed by atoms with E-state index < -0.39 is 30.2 Å². The third-order valence-corrected chi connectivity index (χ3v) is 6.51. The van der Waals surface area contributed by atoms with E-state index in [2.05, 4.69) is 31.2 Å². The molecule has 10 heteroatoms. The van der Waals surface area contributed by atoms with E-state index in [4.69, 9.17) is 7.10 Å². The lowest BCUT2D eigenvalue weighted by Gasteiger charge is -2.25. The predicted molar refractivity (Wildman–Crippen MR) is 130 cm³/mol. The Hall–Kier alpha value is -2.95. The number of aromatic nitrogens is 2. The standard InChI is InChI=1S/C25H25BrF2N4O3/c26-16-7-15(8-17(27)10-16)22(12-33)32-25(35)19-6-3-14(9-20(19)28)23-24(29)30-11-21(31-23)13-1-4-18(34)5-2-13/h3,6-11,13,18,22,33-34H,1-2,4-5,12H2,(H2,29,30)(H,32,35)/t13-,18-,22-/m1/s1/i22D. The van der Waals surface area contributed by atoms with Gasteiger partial charge in [0.15, 0.2) is 0 Å². The van der Waals surface area contributed by atoms with E-state index in [-0.39, 0.29) is 34.7 Å². The van der Waals surface area contributed by atoms with Crippen molar-refractivity contribution in [2.45, 2.75) is 43.7 Å². The number of anilines is 1. The predicted octanol–water partition coefficient (Wildman–Crippen LogP) is 4.25. The second kappa shape index (κ2) is 10.8. The minimum Gasteiger partial charge on any atom is -0.394 e. The summed E-state index contributed by atoms with van der Waals surface area (Å²) in [7, 11) is 0. The average Bonchev–Trinajstić information content (AvgIpc) is 2.84. The van der Waals surface area contributed by atoms with Crippen LogP contribution in [0.15, 0.2) is 47.1 Å². The minimum atomic E-state index is -2.11. The number of rotatable bonds is 6. The van der Waals surface area contributed by atoms with Gasteiger partial charge in [-0.3, -0.25) is 4.79 Å². The van der Waals surface area contributed by atoms with Gasteiger partial charge in [-0.25, -0.2) is 18.7 Å². The van der Waals surface area contributed by atoms with Crippen molar-refractivity contribution in [3.63, 3.8) is 0 Å². The lowest BCUT2D eigenvalue weighted by Crippen LogP contribution is -2.31. The van der Waals surface area contributed by atoms with Gasteiger partial charge in [-0.15, -0.1) is 0 Å². The Bertz CT molecular complexity index is 1270. The molecule has 3 aromatic rings. The Morgan fingerprint density at radius 1 is 1.23 bits per heavy atom. The highest BCUT2D eigenvalue weighted by Crippen LogP contribution is 2.34. The van der Waals surface area contributed by atoms with Crippen LogP contribution in [-0.2, 0) is 0 Å². The van der Waals surface area contributed by atoms with Crippen LogP contribution in [0.1, 0.15) is 60.6 Å². The maximum Gasteiger partial charge on any atom is 0.254 e. The van der Waals surface area contributed by atoms with Crippen LogP contribution in [-0.4, -0.2) is 38.8 Å². The van der Waals surface area contributed by atoms with E-state index in [1.807, 2.05) is 0 Å². The number of halogens is 3. The van der Waals surface area contributed by atoms with E-state index in [1.54, 1.807) is 6.20 Å². The lowest BCUT2D eigenvalue weighted by molar-refractivity contribution is 0.0912. The molecule has 35 heavy (non-hydrogen) atoms. The zero-order chi connectivity index (χ0) is 26.0. The fraction of sp³-hybridized carbons (Fsp3) is 0.320. The fourth-order valence-electron chi connectivity index (χ4n) is 4.17. The minimum absolute atomic E-state index is 0.0163. The van der Waals surface area contributed by atoms with Gasteiger partial charge in [0.25, 0.3) is 5.91 Å². The summed E-state index contributed by atoms with van der Waals surface area (Å²) in [6.07, 6.45) is 4.13. The van der Waals surface area contributed by atoms with E-state index in [1.165, 1.54) is 24.3 Å². The van der Waals surface area contributed by atoms with Crippen molar-refractivity contribution in [1.29, 1.82) is 0 Å². The highest BCUT2D eigenvalue weighted by atomic mass is 79.9. The Labute approximate surface area is 211 Å². The number of carbonyl (C=O) groups excluding carboxylic acids is 1. The summed E-state index contributed by atoms with van der Waals surface area (Å²) in [5.41, 5.74) is 6.92. The van der Waals surface area contributed by atoms with Gasteiger partial charge in [0.05, 0.1) is 37.6 Å². The summed E-state index contributed by atoms with van der Waals surface area (Å²) in [6, 6.07) is 5.25. The number of hydrogen-bond acceptors (Lipinski definition) is 6. The summed E-state index contributed by atoms with van der Waals surface area (Å²) in [5, 5.41) is 21.8. The van der Waals surface area contributed by atoms with Gasteiger partial charge in [-0.1, -0.05) is 22.0 Å². The largest absolute Gasteiger partial charge is 0.394 e. The smallest absolute Gasteiger partial charge is 0.254 e. The van der Waals surface area contributed by atoms with Crippen LogP contribution in [0.4, 0.5) is 14.6 Å². The Balaban J connectivity index is 1.59. The second-order valence-corrected chi connectivity index (χ2v) is 9.39. The molecule has 0 saturated heterocycles. The number of aliphatic hydroxyl groups is 2. The Morgan fingerprint density at radius 3 is 2.63 bits per heavy atom. The molecular formula is C25H25BrF2N4O3. The summed E-state index contributed by atoms with van der Waals surface area (Å²) in [6.45, 7) is -0.870. The zero-order valence-corrected chi connectivity index (χ0v) is 20.2. The lowest BCUT2D eigenvalue weighted by atomic mass is 9.85. The number of carbonyl (C=O) groups is 1. The fourth-order valence-corrected chi connectivity index (χ4v) is 4.64. The molecule has 1 fully saturated rings. The first-order valence-corrected chi connectivity index (χ1v) is 11.9. The number of hydrogen-bond donors (Lipinski definition) is 4. The average molecular weight is 548 g/mol. The van der Waals surface area contributed by atoms with Crippen molar-refractivity contribution in [2.75, 3.05) is 12.3 Å². The molecule has 0 radical (unpaired) electrons. The quantitative estimate of drug-likeness (QED) is 0.366. The van der Waals surface area contributed by atoms with Gasteiger partial charge >= 0.3 is 0 Å². The molecule has 1 saturated carbocycles. The van der Waals surface area contributed by atoms with Crippen LogP contribution in [0, 0.1) is 11.6 Å². The molecular weight excluding hydrogens is 522 g/mol. The van der Waals surface area contributed by atoms with E-state index in [0.717, 1.165) is 25.0 Å². The van der Waals surface area contributed by atoms with Crippen LogP contribution in [0.5, 0.6) is 0 Å². The van der Waals surface area contributed by atoms with Crippen LogP contribution >= 0.6 is 15.9 Å². The maximum absolute atomic E-state index is 15.1. The third-order valence-electron chi connectivity index (χ3n) is 6.06. The first kappa shape index (κ1) is 23.8. The van der Waals surface area contributed by atoms with Crippen molar-refractivity contribution >= 4 is 27.7 Å². The van der Waals surface area contributed by atoms with Crippen LogP contribution in [0.3, 0.4) is 0 Å². The van der Waals surface area contributed by atoms with Crippen molar-refractivity contribution < 1.29 is 25.2 Å². The molecule has 0 spiro atoms. The molecule has 0 unspecified atom stereocenters. The number of benzene rings is 2. The molecule has 1 amide bonds. The zero-order valence-electron chi connectivity index (χ0n) is 19.6. The number of aliphatic hydroxyl groups excluding tert-OH is 2. The Kier molecular flexibility index (Phi) is 7.31. The van der Waals surface area contributed by atoms with Crippen LogP contribution in [0.2, 0.25) is 0 Å². The highest BCUT2D eigenvalue weighted by molar-refractivity contribution is 9.10. The molecule has 1 heterocycles. The molecule has 1 atom stereocenters. The van der Waals surface area contributed by atoms with Gasteiger partial charge in [0.2, 0.25) is 0 Å². The van der Waals surface area contributed by atoms with Crippen molar-refractivity contribution in [2.24, 2.45) is 0 Å². The molecule has 5 N–H and O–H groups in total. The molecule has 0 bridgehead atoms. The maximum atomic E-state index is 15.1. The SMILES string of the molecule is [2H][C@](CO)(NC(=O)c1ccc(-c2nc([C@H]3CC[C@H](O)CC3)cnc2N)cc1F)c1cc(F)cc(Br)c1. The van der Waals surface area contributed by atoms with Crippen LogP contribution in [0.25, 0.3) is 11.3 Å². The Morgan fingerprint density at radius 2 is 1.97 bits per heavy atom. The molecule has 1 aliphatic rings. The second-order valence-electron chi connectivity index (χ2n) is 8.48. The monoisotopic (exact) mass is 547 g/mol. The number of nitrogen functional groups attached to an aromatic ring is 1. The van der Waals surface area contributed by atoms with Gasteiger partial charge in [0.1, 0.15) is 23.1 Å². The molecule has 0 aliphatic heterocycles. The molecule has 184 valence electrons. The van der Waals surface area contributed by atoms with Crippen LogP contribution < -0.4 is 11.1 Å². The normalized spacial score (nSPS) is 20.1. The first-order valence-electron chi connectivity index (χ1n) is 11.6. The van der Waals surface area contributed by atoms with Crippen molar-refractivity contribution in [1.82, 2.24) is 15.3 Å². The summed E-state index contributed by atoms with van der Waals surface area (Å²) >= 11 is 3.12. The highest BCUT2D eigenvalue weighted by Gasteiger charge is 2.24. The van der Waals surface area contributed by atoms with E-state index in [0.29, 0.717) is 28.6 Å². The van der Waals surface area contributed by atoms with Gasteiger partial charge in [0, 0.05) is 16.0 Å². The number of nitrogens with two attached hydrogens (primary N) is 1.